The summed E-state index contributed by atoms with van der Waals surface area (Å²) >= 11 is 0. The topological polar surface area (TPSA) is 120 Å². The number of hydrogen-bond acceptors (Lipinski definition) is 6. The first-order valence-corrected chi connectivity index (χ1v) is 14.2. The Hall–Kier alpha value is -0.226. The Labute approximate surface area is 262 Å². The van der Waals surface area contributed by atoms with E-state index >= 15 is 0 Å². The van der Waals surface area contributed by atoms with Crippen molar-refractivity contribution in [1.29, 1.82) is 0 Å². The van der Waals surface area contributed by atoms with Gasteiger partial charge in [-0.05, 0) is 19.3 Å². The van der Waals surface area contributed by atoms with Gasteiger partial charge in [0.1, 0.15) is 0 Å². The van der Waals surface area contributed by atoms with Crippen LogP contribution in [0.4, 0.5) is 0 Å². The molecule has 7 heteroatoms. The van der Waals surface area contributed by atoms with Crippen molar-refractivity contribution in [3.63, 3.8) is 0 Å². The second-order valence-corrected chi connectivity index (χ2v) is 11.9. The summed E-state index contributed by atoms with van der Waals surface area (Å²) in [5.74, 6) is -2.79. The molecule has 0 fully saturated rings. The SMILES string of the molecule is CCCCCCC(C)(C)C(=O)[O-].CCCCCCC(C)(C)C(=O)[O-].CCCCCCC(C)(C)C(=O)[O-].[Pr+3]. The molecule has 0 amide bonds. The number of carboxylic acids is 3. The van der Waals surface area contributed by atoms with E-state index in [4.69, 9.17) is 0 Å². The summed E-state index contributed by atoms with van der Waals surface area (Å²) in [6, 6.07) is 0. The Morgan fingerprint density at radius 2 is 0.622 bits per heavy atom. The van der Waals surface area contributed by atoms with Crippen molar-refractivity contribution in [2.75, 3.05) is 0 Å². The van der Waals surface area contributed by atoms with Crippen molar-refractivity contribution in [2.24, 2.45) is 16.2 Å². The minimum Gasteiger partial charge on any atom is -0.550 e. The molecule has 0 aliphatic carbocycles. The van der Waals surface area contributed by atoms with Crippen LogP contribution in [0.1, 0.15) is 159 Å². The minimum atomic E-state index is -0.931. The number of rotatable bonds is 18. The Morgan fingerprint density at radius 3 is 0.757 bits per heavy atom. The van der Waals surface area contributed by atoms with Crippen LogP contribution in [0, 0.1) is 57.5 Å². The molecule has 37 heavy (non-hydrogen) atoms. The molecule has 0 aromatic carbocycles. The summed E-state index contributed by atoms with van der Waals surface area (Å²) in [6.07, 6.45) is 15.7. The maximum absolute atomic E-state index is 10.6. The molecule has 0 N–H and O–H groups in total. The molecule has 0 heterocycles. The summed E-state index contributed by atoms with van der Waals surface area (Å²) in [6.45, 7) is 16.8. The molecule has 0 unspecified atom stereocenters. The number of aliphatic carboxylic acids is 3. The Kier molecular flexibility index (Phi) is 29.4. The summed E-state index contributed by atoms with van der Waals surface area (Å²) in [4.78, 5) is 31.7. The van der Waals surface area contributed by atoms with Crippen molar-refractivity contribution in [2.45, 2.75) is 159 Å². The quantitative estimate of drug-likeness (QED) is 0.188. The van der Waals surface area contributed by atoms with Gasteiger partial charge in [-0.3, -0.25) is 0 Å². The zero-order valence-electron chi connectivity index (χ0n) is 25.6. The van der Waals surface area contributed by atoms with E-state index in [1.54, 1.807) is 41.5 Å². The van der Waals surface area contributed by atoms with Crippen LogP contribution in [-0.2, 0) is 14.4 Å². The van der Waals surface area contributed by atoms with Gasteiger partial charge < -0.3 is 29.7 Å². The molecule has 0 saturated heterocycles. The zero-order chi connectivity index (χ0) is 28.8. The predicted octanol–water partition coefficient (Wildman–Crippen LogP) is 5.20. The molecule has 0 spiro atoms. The summed E-state index contributed by atoms with van der Waals surface area (Å²) in [5, 5.41) is 31.7. The van der Waals surface area contributed by atoms with Gasteiger partial charge in [-0.15, -0.1) is 0 Å². The number of carbonyl (C=O) groups is 3. The third-order valence-corrected chi connectivity index (χ3v) is 6.62. The largest absolute Gasteiger partial charge is 3.00 e. The average Bonchev–Trinajstić information content (AvgIpc) is 2.78. The molecule has 0 radical (unpaired) electrons. The van der Waals surface area contributed by atoms with Gasteiger partial charge in [-0.25, -0.2) is 0 Å². The first-order valence-electron chi connectivity index (χ1n) is 14.2. The van der Waals surface area contributed by atoms with E-state index in [1.807, 2.05) is 0 Å². The molecule has 0 aliphatic rings. The molecule has 6 nitrogen and oxygen atoms in total. The van der Waals surface area contributed by atoms with Gasteiger partial charge in [0.25, 0.3) is 0 Å². The first kappa shape index (κ1) is 43.8. The van der Waals surface area contributed by atoms with Crippen molar-refractivity contribution in [1.82, 2.24) is 0 Å². The predicted molar refractivity (Wildman–Crippen MR) is 143 cm³/mol. The maximum Gasteiger partial charge on any atom is 3.00 e. The van der Waals surface area contributed by atoms with E-state index in [2.05, 4.69) is 20.8 Å². The van der Waals surface area contributed by atoms with Gasteiger partial charge in [0.2, 0.25) is 0 Å². The molecular weight excluding hydrogens is 597 g/mol. The molecule has 0 aromatic rings. The molecular formula is C30H57O6Pr. The molecule has 0 aliphatic heterocycles. The van der Waals surface area contributed by atoms with Crippen molar-refractivity contribution >= 4 is 17.9 Å². The van der Waals surface area contributed by atoms with Crippen LogP contribution in [0.25, 0.3) is 0 Å². The fraction of sp³-hybridized carbons (Fsp3) is 0.900. The van der Waals surface area contributed by atoms with E-state index in [1.165, 1.54) is 38.5 Å². The van der Waals surface area contributed by atoms with Crippen LogP contribution < -0.4 is 15.3 Å². The van der Waals surface area contributed by atoms with E-state index in [0.29, 0.717) is 0 Å². The standard InChI is InChI=1S/3C10H20O2.Pr/c3*1-4-5-6-7-8-10(2,3)9(11)12;/h3*4-8H2,1-3H3,(H,11,12);/q;;;+3/p-3. The number of unbranched alkanes of at least 4 members (excludes halogenated alkanes) is 9. The van der Waals surface area contributed by atoms with E-state index in [-0.39, 0.29) is 41.3 Å². The zero-order valence-corrected chi connectivity index (χ0v) is 29.3. The average molecular weight is 655 g/mol. The van der Waals surface area contributed by atoms with E-state index < -0.39 is 34.2 Å². The smallest absolute Gasteiger partial charge is 0.550 e. The third kappa shape index (κ3) is 27.1. The Balaban J connectivity index is -0.000000218. The van der Waals surface area contributed by atoms with E-state index in [9.17, 15) is 29.7 Å². The first-order chi connectivity index (χ1) is 16.5. The fourth-order valence-corrected chi connectivity index (χ4v) is 3.29. The molecule has 0 rings (SSSR count). The second kappa shape index (κ2) is 24.8. The molecule has 0 atom stereocenters. The second-order valence-electron chi connectivity index (χ2n) is 11.9. The van der Waals surface area contributed by atoms with Crippen LogP contribution in [0.5, 0.6) is 0 Å². The number of carboxylic acid groups (broad SMARTS) is 3. The van der Waals surface area contributed by atoms with E-state index in [0.717, 1.165) is 57.8 Å². The monoisotopic (exact) mass is 654 g/mol. The molecule has 0 bridgehead atoms. The van der Waals surface area contributed by atoms with Gasteiger partial charge in [0, 0.05) is 34.2 Å². The van der Waals surface area contributed by atoms with Gasteiger partial charge in [0.05, 0.1) is 0 Å². The van der Waals surface area contributed by atoms with Gasteiger partial charge in [-0.2, -0.15) is 0 Å². The Bertz CT molecular complexity index is 504. The number of carbonyl (C=O) groups excluding carboxylic acids is 3. The van der Waals surface area contributed by atoms with Crippen LogP contribution in [-0.4, -0.2) is 17.9 Å². The minimum absolute atomic E-state index is 0. The van der Waals surface area contributed by atoms with Crippen molar-refractivity contribution in [3.8, 4) is 0 Å². The normalized spacial score (nSPS) is 11.3. The van der Waals surface area contributed by atoms with Crippen LogP contribution in [0.2, 0.25) is 0 Å². The maximum atomic E-state index is 10.6. The van der Waals surface area contributed by atoms with Crippen LogP contribution in [0.3, 0.4) is 0 Å². The van der Waals surface area contributed by atoms with Crippen molar-refractivity contribution in [3.05, 3.63) is 0 Å². The Morgan fingerprint density at radius 1 is 0.432 bits per heavy atom. The van der Waals surface area contributed by atoms with Gasteiger partial charge in [0.15, 0.2) is 0 Å². The van der Waals surface area contributed by atoms with Gasteiger partial charge >= 0.3 is 41.3 Å². The summed E-state index contributed by atoms with van der Waals surface area (Å²) in [7, 11) is 0. The van der Waals surface area contributed by atoms with Gasteiger partial charge in [-0.1, -0.05) is 139 Å². The fourth-order valence-electron chi connectivity index (χ4n) is 3.29. The molecule has 0 saturated carbocycles. The number of hydrogen-bond donors (Lipinski definition) is 0. The molecule has 216 valence electrons. The summed E-state index contributed by atoms with van der Waals surface area (Å²) in [5.41, 5.74) is -1.94. The van der Waals surface area contributed by atoms with Crippen LogP contribution in [0.15, 0.2) is 0 Å². The molecule has 0 aromatic heterocycles. The third-order valence-electron chi connectivity index (χ3n) is 6.62. The van der Waals surface area contributed by atoms with Crippen LogP contribution >= 0.6 is 0 Å². The van der Waals surface area contributed by atoms with Crippen molar-refractivity contribution < 1.29 is 71.0 Å². The summed E-state index contributed by atoms with van der Waals surface area (Å²) < 4.78 is 0.